The first-order valence-corrected chi connectivity index (χ1v) is 6.91. The van der Waals surface area contributed by atoms with Crippen LogP contribution >= 0.6 is 0 Å². The highest BCUT2D eigenvalue weighted by molar-refractivity contribution is 5.94. The summed E-state index contributed by atoms with van der Waals surface area (Å²) in [6, 6.07) is 6.02. The second-order valence-electron chi connectivity index (χ2n) is 5.70. The van der Waals surface area contributed by atoms with Crippen LogP contribution < -0.4 is 20.1 Å². The lowest BCUT2D eigenvalue weighted by Gasteiger charge is -2.26. The van der Waals surface area contributed by atoms with E-state index in [1.807, 2.05) is 24.4 Å². The normalized spacial score (nSPS) is 24.2. The van der Waals surface area contributed by atoms with Crippen LogP contribution in [0.1, 0.15) is 13.3 Å². The van der Waals surface area contributed by atoms with Crippen LogP contribution in [-0.4, -0.2) is 30.4 Å². The predicted molar refractivity (Wildman–Crippen MR) is 77.4 cm³/mol. The van der Waals surface area contributed by atoms with Crippen molar-refractivity contribution in [2.24, 2.45) is 0 Å². The SMILES string of the molecule is CC1(Nc2nccc3cc4c(cc23)OCO4)CCNC1. The van der Waals surface area contributed by atoms with Crippen molar-refractivity contribution < 1.29 is 9.47 Å². The van der Waals surface area contributed by atoms with Gasteiger partial charge in [-0.25, -0.2) is 4.98 Å². The summed E-state index contributed by atoms with van der Waals surface area (Å²) in [6.45, 7) is 4.51. The topological polar surface area (TPSA) is 55.4 Å². The van der Waals surface area contributed by atoms with Crippen molar-refractivity contribution in [3.63, 3.8) is 0 Å². The summed E-state index contributed by atoms with van der Waals surface area (Å²) >= 11 is 0. The smallest absolute Gasteiger partial charge is 0.231 e. The zero-order valence-electron chi connectivity index (χ0n) is 11.4. The summed E-state index contributed by atoms with van der Waals surface area (Å²) in [5, 5.41) is 9.16. The van der Waals surface area contributed by atoms with Crippen molar-refractivity contribution in [2.75, 3.05) is 25.2 Å². The van der Waals surface area contributed by atoms with Crippen LogP contribution in [0.5, 0.6) is 11.5 Å². The summed E-state index contributed by atoms with van der Waals surface area (Å²) in [7, 11) is 0. The first-order valence-electron chi connectivity index (χ1n) is 6.91. The van der Waals surface area contributed by atoms with Crippen molar-refractivity contribution in [2.45, 2.75) is 18.9 Å². The van der Waals surface area contributed by atoms with E-state index in [0.29, 0.717) is 6.79 Å². The molecule has 3 heterocycles. The van der Waals surface area contributed by atoms with E-state index >= 15 is 0 Å². The van der Waals surface area contributed by atoms with Gasteiger partial charge in [-0.15, -0.1) is 0 Å². The molecule has 1 aromatic heterocycles. The van der Waals surface area contributed by atoms with E-state index in [0.717, 1.165) is 47.6 Å². The fraction of sp³-hybridized carbons (Fsp3) is 0.400. The standard InChI is InChI=1S/C15H17N3O2/c1-15(3-5-16-8-15)18-14-11-7-13-12(19-9-20-13)6-10(11)2-4-17-14/h2,4,6-7,16H,3,5,8-9H2,1H3,(H,17,18). The van der Waals surface area contributed by atoms with E-state index in [2.05, 4.69) is 22.5 Å². The van der Waals surface area contributed by atoms with Crippen LogP contribution in [0.25, 0.3) is 10.8 Å². The Morgan fingerprint density at radius 2 is 2.15 bits per heavy atom. The van der Waals surface area contributed by atoms with Gasteiger partial charge in [0, 0.05) is 23.7 Å². The molecule has 1 unspecified atom stereocenters. The van der Waals surface area contributed by atoms with E-state index in [9.17, 15) is 0 Å². The minimum Gasteiger partial charge on any atom is -0.454 e. The number of pyridine rings is 1. The van der Waals surface area contributed by atoms with Crippen molar-refractivity contribution >= 4 is 16.6 Å². The summed E-state index contributed by atoms with van der Waals surface area (Å²) in [5.74, 6) is 2.51. The number of nitrogens with zero attached hydrogens (tertiary/aromatic N) is 1. The van der Waals surface area contributed by atoms with Gasteiger partial charge in [0.25, 0.3) is 0 Å². The third-order valence-electron chi connectivity index (χ3n) is 4.05. The molecule has 0 spiro atoms. The highest BCUT2D eigenvalue weighted by Crippen LogP contribution is 2.38. The highest BCUT2D eigenvalue weighted by atomic mass is 16.7. The van der Waals surface area contributed by atoms with Crippen LogP contribution in [0.2, 0.25) is 0 Å². The average molecular weight is 271 g/mol. The summed E-state index contributed by atoms with van der Waals surface area (Å²) in [4.78, 5) is 4.51. The Labute approximate surface area is 117 Å². The van der Waals surface area contributed by atoms with Gasteiger partial charge in [-0.3, -0.25) is 0 Å². The summed E-state index contributed by atoms with van der Waals surface area (Å²) in [6.07, 6.45) is 2.92. The molecule has 2 aromatic rings. The molecule has 1 fully saturated rings. The molecule has 104 valence electrons. The summed E-state index contributed by atoms with van der Waals surface area (Å²) < 4.78 is 10.9. The van der Waals surface area contributed by atoms with E-state index in [-0.39, 0.29) is 5.54 Å². The number of hydrogen-bond donors (Lipinski definition) is 2. The number of hydrogen-bond acceptors (Lipinski definition) is 5. The Hall–Kier alpha value is -2.01. The predicted octanol–water partition coefficient (Wildman–Crippen LogP) is 2.13. The van der Waals surface area contributed by atoms with Crippen molar-refractivity contribution in [3.05, 3.63) is 24.4 Å². The third-order valence-corrected chi connectivity index (χ3v) is 4.05. The number of aromatic nitrogens is 1. The zero-order valence-corrected chi connectivity index (χ0v) is 11.4. The quantitative estimate of drug-likeness (QED) is 0.876. The Bertz CT molecular complexity index is 665. The van der Waals surface area contributed by atoms with Crippen LogP contribution in [0, 0.1) is 0 Å². The van der Waals surface area contributed by atoms with Gasteiger partial charge in [-0.1, -0.05) is 0 Å². The maximum atomic E-state index is 5.47. The maximum absolute atomic E-state index is 5.47. The molecule has 0 radical (unpaired) electrons. The Balaban J connectivity index is 1.79. The van der Waals surface area contributed by atoms with E-state index in [1.54, 1.807) is 0 Å². The van der Waals surface area contributed by atoms with Crippen molar-refractivity contribution in [1.82, 2.24) is 10.3 Å². The van der Waals surface area contributed by atoms with E-state index in [1.165, 1.54) is 0 Å². The fourth-order valence-corrected chi connectivity index (χ4v) is 2.87. The van der Waals surface area contributed by atoms with Gasteiger partial charge in [0.2, 0.25) is 6.79 Å². The molecule has 2 N–H and O–H groups in total. The molecule has 2 aliphatic heterocycles. The summed E-state index contributed by atoms with van der Waals surface area (Å²) in [5.41, 5.74) is 0.0532. The Kier molecular flexibility index (Phi) is 2.50. The molecule has 0 bridgehead atoms. The van der Waals surface area contributed by atoms with Crippen LogP contribution in [0.3, 0.4) is 0 Å². The number of anilines is 1. The third kappa shape index (κ3) is 1.86. The molecule has 20 heavy (non-hydrogen) atoms. The lowest BCUT2D eigenvalue weighted by atomic mass is 10.0. The van der Waals surface area contributed by atoms with Crippen LogP contribution in [-0.2, 0) is 0 Å². The number of nitrogens with one attached hydrogen (secondary N) is 2. The molecule has 5 nitrogen and oxygen atoms in total. The second-order valence-corrected chi connectivity index (χ2v) is 5.70. The van der Waals surface area contributed by atoms with Gasteiger partial charge < -0.3 is 20.1 Å². The molecule has 1 aromatic carbocycles. The zero-order chi connectivity index (χ0) is 13.6. The minimum atomic E-state index is 0.0532. The van der Waals surface area contributed by atoms with Crippen molar-refractivity contribution in [1.29, 1.82) is 0 Å². The molecule has 0 saturated carbocycles. The second kappa shape index (κ2) is 4.24. The van der Waals surface area contributed by atoms with Gasteiger partial charge >= 0.3 is 0 Å². The van der Waals surface area contributed by atoms with E-state index in [4.69, 9.17) is 9.47 Å². The highest BCUT2D eigenvalue weighted by Gasteiger charge is 2.29. The molecule has 1 saturated heterocycles. The first kappa shape index (κ1) is 11.8. The lowest BCUT2D eigenvalue weighted by Crippen LogP contribution is -2.37. The van der Waals surface area contributed by atoms with Gasteiger partial charge in [0.1, 0.15) is 5.82 Å². The van der Waals surface area contributed by atoms with E-state index < -0.39 is 0 Å². The van der Waals surface area contributed by atoms with Crippen molar-refractivity contribution in [3.8, 4) is 11.5 Å². The van der Waals surface area contributed by atoms with Gasteiger partial charge in [0.15, 0.2) is 11.5 Å². The number of fused-ring (bicyclic) bond motifs is 2. The molecule has 4 rings (SSSR count). The van der Waals surface area contributed by atoms with Gasteiger partial charge in [0.05, 0.1) is 0 Å². The number of ether oxygens (including phenoxy) is 2. The fourth-order valence-electron chi connectivity index (χ4n) is 2.87. The monoisotopic (exact) mass is 271 g/mol. The Morgan fingerprint density at radius 3 is 2.95 bits per heavy atom. The molecule has 1 atom stereocenters. The minimum absolute atomic E-state index is 0.0532. The first-order chi connectivity index (χ1) is 9.73. The number of rotatable bonds is 2. The lowest BCUT2D eigenvalue weighted by molar-refractivity contribution is 0.174. The number of benzene rings is 1. The largest absolute Gasteiger partial charge is 0.454 e. The maximum Gasteiger partial charge on any atom is 0.231 e. The molecular weight excluding hydrogens is 254 g/mol. The molecule has 0 amide bonds. The van der Waals surface area contributed by atoms with Crippen LogP contribution in [0.15, 0.2) is 24.4 Å². The van der Waals surface area contributed by atoms with Crippen LogP contribution in [0.4, 0.5) is 5.82 Å². The Morgan fingerprint density at radius 1 is 1.30 bits per heavy atom. The molecule has 2 aliphatic rings. The average Bonchev–Trinajstić information content (AvgIpc) is 3.05. The molecular formula is C15H17N3O2. The molecule has 0 aliphatic carbocycles. The van der Waals surface area contributed by atoms with Gasteiger partial charge in [-0.05, 0) is 43.5 Å². The molecule has 5 heteroatoms. The van der Waals surface area contributed by atoms with Gasteiger partial charge in [-0.2, -0.15) is 0 Å².